The van der Waals surface area contributed by atoms with Gasteiger partial charge < -0.3 is 5.11 Å². The summed E-state index contributed by atoms with van der Waals surface area (Å²) in [7, 11) is 0. The van der Waals surface area contributed by atoms with Crippen molar-refractivity contribution in [3.8, 4) is 11.3 Å². The Hall–Kier alpha value is -1.59. The van der Waals surface area contributed by atoms with Crippen molar-refractivity contribution in [1.82, 2.24) is 15.0 Å². The lowest BCUT2D eigenvalue weighted by Crippen LogP contribution is -2.37. The SMILES string of the molecule is CC(C)(C(=O)O)n1nncc1-c1ccc(Cl)c(Cl)c1. The second-order valence-electron chi connectivity index (χ2n) is 4.52. The van der Waals surface area contributed by atoms with Crippen molar-refractivity contribution in [3.05, 3.63) is 34.4 Å². The second kappa shape index (κ2) is 4.83. The summed E-state index contributed by atoms with van der Waals surface area (Å²) in [5, 5.41) is 17.7. The lowest BCUT2D eigenvalue weighted by Gasteiger charge is -2.21. The number of carboxylic acid groups (broad SMARTS) is 1. The van der Waals surface area contributed by atoms with Gasteiger partial charge in [-0.3, -0.25) is 0 Å². The molecule has 0 unspecified atom stereocenters. The zero-order valence-electron chi connectivity index (χ0n) is 10.3. The first-order valence-electron chi connectivity index (χ1n) is 5.44. The number of aliphatic carboxylic acids is 1. The maximum atomic E-state index is 11.3. The van der Waals surface area contributed by atoms with Crippen molar-refractivity contribution in [2.24, 2.45) is 0 Å². The van der Waals surface area contributed by atoms with Gasteiger partial charge in [-0.15, -0.1) is 5.10 Å². The monoisotopic (exact) mass is 299 g/mol. The van der Waals surface area contributed by atoms with Gasteiger partial charge in [-0.25, -0.2) is 9.48 Å². The molecule has 19 heavy (non-hydrogen) atoms. The van der Waals surface area contributed by atoms with Gasteiger partial charge in [-0.1, -0.05) is 34.5 Å². The van der Waals surface area contributed by atoms with Gasteiger partial charge in [0.05, 0.1) is 21.9 Å². The lowest BCUT2D eigenvalue weighted by atomic mass is 10.0. The van der Waals surface area contributed by atoms with Crippen molar-refractivity contribution in [2.45, 2.75) is 19.4 Å². The summed E-state index contributed by atoms with van der Waals surface area (Å²) < 4.78 is 1.34. The molecule has 0 aliphatic rings. The summed E-state index contributed by atoms with van der Waals surface area (Å²) in [4.78, 5) is 11.3. The van der Waals surface area contributed by atoms with Crippen LogP contribution < -0.4 is 0 Å². The van der Waals surface area contributed by atoms with Gasteiger partial charge in [0.25, 0.3) is 0 Å². The number of rotatable bonds is 3. The van der Waals surface area contributed by atoms with Crippen LogP contribution in [0.25, 0.3) is 11.3 Å². The first-order valence-corrected chi connectivity index (χ1v) is 6.19. The van der Waals surface area contributed by atoms with Crippen LogP contribution >= 0.6 is 23.2 Å². The van der Waals surface area contributed by atoms with Crippen LogP contribution in [0.4, 0.5) is 0 Å². The molecule has 0 saturated carbocycles. The molecule has 0 amide bonds. The highest BCUT2D eigenvalue weighted by molar-refractivity contribution is 6.42. The van der Waals surface area contributed by atoms with E-state index in [4.69, 9.17) is 23.2 Å². The number of hydrogen-bond acceptors (Lipinski definition) is 3. The Bertz CT molecular complexity index is 638. The number of carboxylic acids is 1. The zero-order chi connectivity index (χ0) is 14.2. The number of nitrogens with zero attached hydrogens (tertiary/aromatic N) is 3. The summed E-state index contributed by atoms with van der Waals surface area (Å²) in [5.74, 6) is -1.00. The number of aromatic nitrogens is 3. The van der Waals surface area contributed by atoms with E-state index >= 15 is 0 Å². The highest BCUT2D eigenvalue weighted by Gasteiger charge is 2.32. The molecule has 100 valence electrons. The Balaban J connectivity index is 2.56. The van der Waals surface area contributed by atoms with E-state index in [-0.39, 0.29) is 0 Å². The largest absolute Gasteiger partial charge is 0.479 e. The fraction of sp³-hybridized carbons (Fsp3) is 0.250. The molecule has 0 atom stereocenters. The highest BCUT2D eigenvalue weighted by atomic mass is 35.5. The molecule has 5 nitrogen and oxygen atoms in total. The standard InChI is InChI=1S/C12H11Cl2N3O2/c1-12(2,11(18)19)17-10(6-15-16-17)7-3-4-8(13)9(14)5-7/h3-6H,1-2H3,(H,18,19). The van der Waals surface area contributed by atoms with Gasteiger partial charge in [0.2, 0.25) is 0 Å². The summed E-state index contributed by atoms with van der Waals surface area (Å²) in [5.41, 5.74) is 0.0532. The predicted molar refractivity (Wildman–Crippen MR) is 72.4 cm³/mol. The number of hydrogen-bond donors (Lipinski definition) is 1. The maximum absolute atomic E-state index is 11.3. The molecular weight excluding hydrogens is 289 g/mol. The average molecular weight is 300 g/mol. The van der Waals surface area contributed by atoms with Crippen LogP contribution in [-0.2, 0) is 10.3 Å². The van der Waals surface area contributed by atoms with Crippen LogP contribution in [0.5, 0.6) is 0 Å². The third kappa shape index (κ3) is 2.43. The smallest absolute Gasteiger partial charge is 0.331 e. The number of halogens is 2. The number of carbonyl (C=O) groups is 1. The molecule has 2 aromatic rings. The Kier molecular flexibility index (Phi) is 3.52. The zero-order valence-corrected chi connectivity index (χ0v) is 11.8. The van der Waals surface area contributed by atoms with E-state index in [1.54, 1.807) is 32.0 Å². The minimum atomic E-state index is -1.21. The van der Waals surface area contributed by atoms with E-state index in [1.807, 2.05) is 0 Å². The molecule has 0 bridgehead atoms. The molecule has 1 aromatic heterocycles. The maximum Gasteiger partial charge on any atom is 0.331 e. The van der Waals surface area contributed by atoms with Crippen molar-refractivity contribution < 1.29 is 9.90 Å². The van der Waals surface area contributed by atoms with Crippen molar-refractivity contribution in [2.75, 3.05) is 0 Å². The summed E-state index contributed by atoms with van der Waals surface area (Å²) >= 11 is 11.8. The summed E-state index contributed by atoms with van der Waals surface area (Å²) in [6.07, 6.45) is 1.49. The molecule has 0 radical (unpaired) electrons. The first-order chi connectivity index (χ1) is 8.84. The van der Waals surface area contributed by atoms with Gasteiger partial charge in [-0.2, -0.15) is 0 Å². The third-order valence-electron chi connectivity index (χ3n) is 2.82. The number of benzene rings is 1. The van der Waals surface area contributed by atoms with Crippen LogP contribution in [-0.4, -0.2) is 26.1 Å². The highest BCUT2D eigenvalue weighted by Crippen LogP contribution is 2.30. The fourth-order valence-electron chi connectivity index (χ4n) is 1.59. The molecule has 1 N–H and O–H groups in total. The normalized spacial score (nSPS) is 11.6. The van der Waals surface area contributed by atoms with Gasteiger partial charge in [0, 0.05) is 5.56 Å². The van der Waals surface area contributed by atoms with Gasteiger partial charge in [0.1, 0.15) is 0 Å². The van der Waals surface area contributed by atoms with Gasteiger partial charge in [0.15, 0.2) is 5.54 Å². The fourth-order valence-corrected chi connectivity index (χ4v) is 1.89. The second-order valence-corrected chi connectivity index (χ2v) is 5.34. The summed E-state index contributed by atoms with van der Waals surface area (Å²) in [6.45, 7) is 3.09. The third-order valence-corrected chi connectivity index (χ3v) is 3.56. The van der Waals surface area contributed by atoms with E-state index in [9.17, 15) is 9.90 Å². The topological polar surface area (TPSA) is 68.0 Å². The van der Waals surface area contributed by atoms with Crippen molar-refractivity contribution in [1.29, 1.82) is 0 Å². The lowest BCUT2D eigenvalue weighted by molar-refractivity contribution is -0.146. The van der Waals surface area contributed by atoms with Crippen LogP contribution in [0.3, 0.4) is 0 Å². The van der Waals surface area contributed by atoms with Crippen LogP contribution in [0.15, 0.2) is 24.4 Å². The average Bonchev–Trinajstić information content (AvgIpc) is 2.82. The van der Waals surface area contributed by atoms with E-state index in [1.165, 1.54) is 10.9 Å². The van der Waals surface area contributed by atoms with Crippen LogP contribution in [0.2, 0.25) is 10.0 Å². The minimum Gasteiger partial charge on any atom is -0.479 e. The molecule has 0 saturated heterocycles. The summed E-state index contributed by atoms with van der Waals surface area (Å²) in [6, 6.07) is 5.03. The van der Waals surface area contributed by atoms with Gasteiger partial charge >= 0.3 is 5.97 Å². The van der Waals surface area contributed by atoms with Gasteiger partial charge in [-0.05, 0) is 26.0 Å². The van der Waals surface area contributed by atoms with E-state index in [0.29, 0.717) is 21.3 Å². The molecule has 0 aliphatic heterocycles. The Morgan fingerprint density at radius 3 is 2.58 bits per heavy atom. The van der Waals surface area contributed by atoms with E-state index in [2.05, 4.69) is 10.3 Å². The molecule has 1 heterocycles. The molecule has 7 heteroatoms. The van der Waals surface area contributed by atoms with Crippen molar-refractivity contribution in [3.63, 3.8) is 0 Å². The van der Waals surface area contributed by atoms with E-state index in [0.717, 1.165) is 0 Å². The predicted octanol–water partition coefficient (Wildman–Crippen LogP) is 3.07. The van der Waals surface area contributed by atoms with Crippen LogP contribution in [0, 0.1) is 0 Å². The Morgan fingerprint density at radius 2 is 2.00 bits per heavy atom. The minimum absolute atomic E-state index is 0.389. The van der Waals surface area contributed by atoms with Crippen molar-refractivity contribution >= 4 is 29.2 Å². The molecular formula is C12H11Cl2N3O2. The van der Waals surface area contributed by atoms with Crippen LogP contribution in [0.1, 0.15) is 13.8 Å². The quantitative estimate of drug-likeness (QED) is 0.946. The first kappa shape index (κ1) is 13.8. The van der Waals surface area contributed by atoms with E-state index < -0.39 is 11.5 Å². The Labute approximate surface area is 119 Å². The molecule has 2 rings (SSSR count). The molecule has 0 spiro atoms. The molecule has 0 aliphatic carbocycles. The Morgan fingerprint density at radius 1 is 1.32 bits per heavy atom. The molecule has 1 aromatic carbocycles. The molecule has 0 fully saturated rings.